The second-order valence-corrected chi connectivity index (χ2v) is 4.18. The molecule has 1 aromatic rings. The summed E-state index contributed by atoms with van der Waals surface area (Å²) in [6.07, 6.45) is 2.02. The lowest BCUT2D eigenvalue weighted by atomic mass is 10.0. The second kappa shape index (κ2) is 4.78. The lowest BCUT2D eigenvalue weighted by molar-refractivity contribution is 0.441. The second-order valence-electron chi connectivity index (χ2n) is 4.18. The van der Waals surface area contributed by atoms with Crippen LogP contribution in [0.15, 0.2) is 18.2 Å². The molecule has 1 aliphatic rings. The van der Waals surface area contributed by atoms with Gasteiger partial charge in [-0.3, -0.25) is 0 Å². The summed E-state index contributed by atoms with van der Waals surface area (Å²) in [7, 11) is 1.95. The highest BCUT2D eigenvalue weighted by atomic mass is 19.1. The highest BCUT2D eigenvalue weighted by molar-refractivity contribution is 5.47. The number of hydrogen-bond donors (Lipinski definition) is 1. The molecule has 0 saturated carbocycles. The van der Waals surface area contributed by atoms with Crippen molar-refractivity contribution in [3.8, 4) is 0 Å². The van der Waals surface area contributed by atoms with Crippen molar-refractivity contribution in [3.63, 3.8) is 0 Å². The highest BCUT2D eigenvalue weighted by Gasteiger charge is 2.18. The van der Waals surface area contributed by atoms with E-state index in [0.717, 1.165) is 32.0 Å². The molecular formula is C12H16F2N2. The van der Waals surface area contributed by atoms with Gasteiger partial charge in [0.1, 0.15) is 11.6 Å². The number of piperidine rings is 1. The first-order chi connectivity index (χ1) is 7.69. The van der Waals surface area contributed by atoms with Crippen LogP contribution in [0.25, 0.3) is 0 Å². The Balaban J connectivity index is 2.08. The summed E-state index contributed by atoms with van der Waals surface area (Å²) in [6.45, 7) is 1.68. The fourth-order valence-electron chi connectivity index (χ4n) is 2.15. The minimum atomic E-state index is -0.509. The Hall–Kier alpha value is -1.16. The van der Waals surface area contributed by atoms with Crippen molar-refractivity contribution in [2.75, 3.05) is 25.0 Å². The first-order valence-corrected chi connectivity index (χ1v) is 5.57. The van der Waals surface area contributed by atoms with Gasteiger partial charge in [-0.25, -0.2) is 8.78 Å². The van der Waals surface area contributed by atoms with E-state index in [2.05, 4.69) is 5.32 Å². The zero-order chi connectivity index (χ0) is 11.5. The number of rotatable bonds is 2. The highest BCUT2D eigenvalue weighted by Crippen LogP contribution is 2.22. The molecular weight excluding hydrogens is 210 g/mol. The third-order valence-corrected chi connectivity index (χ3v) is 3.12. The molecule has 4 heteroatoms. The number of benzene rings is 1. The first-order valence-electron chi connectivity index (χ1n) is 5.57. The quantitative estimate of drug-likeness (QED) is 0.831. The number of nitrogens with zero attached hydrogens (tertiary/aromatic N) is 1. The van der Waals surface area contributed by atoms with Crippen LogP contribution in [0, 0.1) is 11.6 Å². The Morgan fingerprint density at radius 1 is 1.12 bits per heavy atom. The molecule has 0 spiro atoms. The zero-order valence-electron chi connectivity index (χ0n) is 9.34. The zero-order valence-corrected chi connectivity index (χ0v) is 9.34. The van der Waals surface area contributed by atoms with Crippen LogP contribution in [0.1, 0.15) is 12.8 Å². The number of halogens is 2. The van der Waals surface area contributed by atoms with Crippen molar-refractivity contribution in [2.24, 2.45) is 0 Å². The molecule has 1 N–H and O–H groups in total. The van der Waals surface area contributed by atoms with E-state index in [1.165, 1.54) is 12.1 Å². The lowest BCUT2D eigenvalue weighted by Gasteiger charge is -2.33. The molecule has 0 unspecified atom stereocenters. The van der Waals surface area contributed by atoms with E-state index in [1.807, 2.05) is 11.9 Å². The monoisotopic (exact) mass is 226 g/mol. The number of hydrogen-bond acceptors (Lipinski definition) is 2. The smallest absolute Gasteiger partial charge is 0.128 e. The predicted octanol–water partition coefficient (Wildman–Crippen LogP) is 2.15. The van der Waals surface area contributed by atoms with Crippen LogP contribution in [-0.2, 0) is 0 Å². The molecule has 0 bridgehead atoms. The van der Waals surface area contributed by atoms with Crippen LogP contribution in [0.3, 0.4) is 0 Å². The minimum absolute atomic E-state index is 0.509. The van der Waals surface area contributed by atoms with Crippen LogP contribution in [-0.4, -0.2) is 26.2 Å². The average molecular weight is 226 g/mol. The van der Waals surface area contributed by atoms with E-state index in [9.17, 15) is 8.78 Å². The predicted molar refractivity (Wildman–Crippen MR) is 60.7 cm³/mol. The summed E-state index contributed by atoms with van der Waals surface area (Å²) >= 11 is 0. The molecule has 1 aromatic carbocycles. The Bertz CT molecular complexity index is 340. The van der Waals surface area contributed by atoms with Crippen molar-refractivity contribution in [3.05, 3.63) is 29.8 Å². The van der Waals surface area contributed by atoms with E-state index in [4.69, 9.17) is 0 Å². The molecule has 0 amide bonds. The molecule has 1 fully saturated rings. The van der Waals surface area contributed by atoms with E-state index in [1.54, 1.807) is 0 Å². The van der Waals surface area contributed by atoms with Crippen molar-refractivity contribution >= 4 is 5.69 Å². The van der Waals surface area contributed by atoms with Crippen molar-refractivity contribution < 1.29 is 8.78 Å². The fourth-order valence-corrected chi connectivity index (χ4v) is 2.15. The SMILES string of the molecule is CNC1CCN(c2cc(F)cc(F)c2)CC1. The molecule has 1 heterocycles. The Kier molecular flexibility index (Phi) is 3.39. The van der Waals surface area contributed by atoms with Gasteiger partial charge in [0.2, 0.25) is 0 Å². The van der Waals surface area contributed by atoms with Crippen LogP contribution < -0.4 is 10.2 Å². The van der Waals surface area contributed by atoms with E-state index in [-0.39, 0.29) is 0 Å². The van der Waals surface area contributed by atoms with E-state index < -0.39 is 11.6 Å². The largest absolute Gasteiger partial charge is 0.371 e. The first kappa shape index (κ1) is 11.3. The van der Waals surface area contributed by atoms with Gasteiger partial charge >= 0.3 is 0 Å². The van der Waals surface area contributed by atoms with Gasteiger partial charge in [0.05, 0.1) is 0 Å². The Labute approximate surface area is 94.3 Å². The molecule has 88 valence electrons. The summed E-state index contributed by atoms with van der Waals surface area (Å²) < 4.78 is 26.1. The molecule has 2 rings (SSSR count). The normalized spacial score (nSPS) is 17.8. The summed E-state index contributed by atoms with van der Waals surface area (Å²) in [6, 6.07) is 4.21. The van der Waals surface area contributed by atoms with Gasteiger partial charge < -0.3 is 10.2 Å². The molecule has 2 nitrogen and oxygen atoms in total. The van der Waals surface area contributed by atoms with Gasteiger partial charge in [-0.2, -0.15) is 0 Å². The van der Waals surface area contributed by atoms with Crippen molar-refractivity contribution in [1.82, 2.24) is 5.32 Å². The minimum Gasteiger partial charge on any atom is -0.371 e. The van der Waals surface area contributed by atoms with Crippen molar-refractivity contribution in [2.45, 2.75) is 18.9 Å². The van der Waals surface area contributed by atoms with Crippen LogP contribution in [0.4, 0.5) is 14.5 Å². The van der Waals surface area contributed by atoms with Gasteiger partial charge in [-0.15, -0.1) is 0 Å². The van der Waals surface area contributed by atoms with Gasteiger partial charge in [-0.1, -0.05) is 0 Å². The molecule has 0 aliphatic carbocycles. The van der Waals surface area contributed by atoms with Gasteiger partial charge in [0.25, 0.3) is 0 Å². The van der Waals surface area contributed by atoms with Gasteiger partial charge in [0, 0.05) is 30.9 Å². The summed E-state index contributed by atoms with van der Waals surface area (Å²) in [4.78, 5) is 2.03. The number of anilines is 1. The maximum atomic E-state index is 13.0. The summed E-state index contributed by atoms with van der Waals surface area (Å²) in [5, 5.41) is 3.22. The van der Waals surface area contributed by atoms with Gasteiger partial charge in [-0.05, 0) is 32.0 Å². The maximum Gasteiger partial charge on any atom is 0.128 e. The molecule has 16 heavy (non-hydrogen) atoms. The van der Waals surface area contributed by atoms with E-state index >= 15 is 0 Å². The third kappa shape index (κ3) is 2.50. The Morgan fingerprint density at radius 2 is 1.69 bits per heavy atom. The number of nitrogens with one attached hydrogen (secondary N) is 1. The summed E-state index contributed by atoms with van der Waals surface area (Å²) in [5.41, 5.74) is 0.645. The maximum absolute atomic E-state index is 13.0. The molecule has 1 aliphatic heterocycles. The topological polar surface area (TPSA) is 15.3 Å². The average Bonchev–Trinajstić information content (AvgIpc) is 2.28. The van der Waals surface area contributed by atoms with Crippen LogP contribution >= 0.6 is 0 Å². The standard InChI is InChI=1S/C12H16F2N2/c1-15-11-2-4-16(5-3-11)12-7-9(13)6-10(14)8-12/h6-8,11,15H,2-5H2,1H3. The Morgan fingerprint density at radius 3 is 2.19 bits per heavy atom. The van der Waals surface area contributed by atoms with E-state index in [0.29, 0.717) is 11.7 Å². The molecule has 0 aromatic heterocycles. The lowest BCUT2D eigenvalue weighted by Crippen LogP contribution is -2.41. The van der Waals surface area contributed by atoms with Gasteiger partial charge in [0.15, 0.2) is 0 Å². The summed E-state index contributed by atoms with van der Waals surface area (Å²) in [5.74, 6) is -1.02. The van der Waals surface area contributed by atoms with Crippen LogP contribution in [0.2, 0.25) is 0 Å². The fraction of sp³-hybridized carbons (Fsp3) is 0.500. The molecule has 1 saturated heterocycles. The third-order valence-electron chi connectivity index (χ3n) is 3.12. The van der Waals surface area contributed by atoms with Crippen LogP contribution in [0.5, 0.6) is 0 Å². The van der Waals surface area contributed by atoms with Crippen molar-refractivity contribution in [1.29, 1.82) is 0 Å². The molecule has 0 atom stereocenters. The molecule has 0 radical (unpaired) electrons.